The fourth-order valence-electron chi connectivity index (χ4n) is 3.03. The van der Waals surface area contributed by atoms with E-state index in [1.807, 2.05) is 30.1 Å². The van der Waals surface area contributed by atoms with E-state index < -0.39 is 0 Å². The molecule has 6 heteroatoms. The third-order valence-electron chi connectivity index (χ3n) is 4.46. The van der Waals surface area contributed by atoms with Crippen molar-refractivity contribution in [3.05, 3.63) is 78.0 Å². The molecule has 0 saturated carbocycles. The van der Waals surface area contributed by atoms with E-state index >= 15 is 0 Å². The summed E-state index contributed by atoms with van der Waals surface area (Å²) >= 11 is 0. The van der Waals surface area contributed by atoms with Gasteiger partial charge in [0.25, 0.3) is 5.91 Å². The van der Waals surface area contributed by atoms with Gasteiger partial charge in [0.15, 0.2) is 11.5 Å². The zero-order chi connectivity index (χ0) is 19.3. The molecule has 4 rings (SSSR count). The summed E-state index contributed by atoms with van der Waals surface area (Å²) in [6.07, 6.45) is 1.65. The highest BCUT2D eigenvalue weighted by molar-refractivity contribution is 6.04. The maximum atomic E-state index is 12.7. The molecule has 1 amide bonds. The molecule has 0 spiro atoms. The Balaban J connectivity index is 1.47. The summed E-state index contributed by atoms with van der Waals surface area (Å²) in [4.78, 5) is 19.1. The number of carbonyl (C=O) groups is 1. The quantitative estimate of drug-likeness (QED) is 0.736. The van der Waals surface area contributed by atoms with Crippen molar-refractivity contribution in [3.63, 3.8) is 0 Å². The van der Waals surface area contributed by atoms with Gasteiger partial charge in [-0.2, -0.15) is 0 Å². The van der Waals surface area contributed by atoms with Crippen LogP contribution in [0.15, 0.2) is 66.9 Å². The van der Waals surface area contributed by atoms with Crippen LogP contribution in [0.2, 0.25) is 0 Å². The molecule has 28 heavy (non-hydrogen) atoms. The van der Waals surface area contributed by atoms with Gasteiger partial charge in [-0.15, -0.1) is 0 Å². The van der Waals surface area contributed by atoms with Crippen molar-refractivity contribution in [1.82, 2.24) is 4.98 Å². The molecule has 0 fully saturated rings. The molecule has 0 radical (unpaired) electrons. The van der Waals surface area contributed by atoms with Crippen molar-refractivity contribution in [1.29, 1.82) is 0 Å². The van der Waals surface area contributed by atoms with Crippen molar-refractivity contribution in [2.24, 2.45) is 0 Å². The molecule has 6 nitrogen and oxygen atoms in total. The number of amides is 1. The number of nitrogens with one attached hydrogen (secondary N) is 1. The molecule has 1 aromatic heterocycles. The number of ether oxygens (including phenoxy) is 2. The van der Waals surface area contributed by atoms with Crippen LogP contribution in [0.1, 0.15) is 15.9 Å². The topological polar surface area (TPSA) is 63.7 Å². The highest BCUT2D eigenvalue weighted by atomic mass is 16.6. The summed E-state index contributed by atoms with van der Waals surface area (Å²) < 4.78 is 11.1. The standard InChI is InChI=1S/C22H21N3O3/c1-25(15-16-5-3-2-4-6-16)21-13-17(9-10-23-21)22(26)24-18-7-8-19-20(14-18)28-12-11-27-19/h2-10,13-14H,11-12,15H2,1H3,(H,24,26). The lowest BCUT2D eigenvalue weighted by Gasteiger charge is -2.19. The number of anilines is 2. The summed E-state index contributed by atoms with van der Waals surface area (Å²) in [6, 6.07) is 19.0. The minimum absolute atomic E-state index is 0.201. The zero-order valence-corrected chi connectivity index (χ0v) is 15.6. The molecule has 2 heterocycles. The highest BCUT2D eigenvalue weighted by Crippen LogP contribution is 2.32. The Labute approximate surface area is 163 Å². The first kappa shape index (κ1) is 17.9. The van der Waals surface area contributed by atoms with E-state index in [4.69, 9.17) is 9.47 Å². The van der Waals surface area contributed by atoms with Crippen LogP contribution in [0, 0.1) is 0 Å². The molecule has 0 aliphatic carbocycles. The van der Waals surface area contributed by atoms with E-state index in [0.29, 0.717) is 42.5 Å². The van der Waals surface area contributed by atoms with E-state index in [1.54, 1.807) is 36.5 Å². The van der Waals surface area contributed by atoms with Gasteiger partial charge in [0.1, 0.15) is 19.0 Å². The van der Waals surface area contributed by atoms with Crippen molar-refractivity contribution in [2.45, 2.75) is 6.54 Å². The largest absolute Gasteiger partial charge is 0.486 e. The zero-order valence-electron chi connectivity index (χ0n) is 15.6. The Hall–Kier alpha value is -3.54. The first-order chi connectivity index (χ1) is 13.7. The van der Waals surface area contributed by atoms with Crippen molar-refractivity contribution in [3.8, 4) is 11.5 Å². The lowest BCUT2D eigenvalue weighted by molar-refractivity contribution is 0.102. The molecule has 0 bridgehead atoms. The fourth-order valence-corrected chi connectivity index (χ4v) is 3.03. The monoisotopic (exact) mass is 375 g/mol. The maximum Gasteiger partial charge on any atom is 0.255 e. The van der Waals surface area contributed by atoms with Crippen molar-refractivity contribution in [2.75, 3.05) is 30.5 Å². The van der Waals surface area contributed by atoms with Crippen molar-refractivity contribution < 1.29 is 14.3 Å². The van der Waals surface area contributed by atoms with Crippen molar-refractivity contribution >= 4 is 17.4 Å². The summed E-state index contributed by atoms with van der Waals surface area (Å²) in [5, 5.41) is 2.90. The Bertz CT molecular complexity index is 976. The number of fused-ring (bicyclic) bond motifs is 1. The normalized spacial score (nSPS) is 12.3. The number of carbonyl (C=O) groups excluding carboxylic acids is 1. The third kappa shape index (κ3) is 4.06. The van der Waals surface area contributed by atoms with E-state index in [-0.39, 0.29) is 5.91 Å². The predicted molar refractivity (Wildman–Crippen MR) is 108 cm³/mol. The Morgan fingerprint density at radius 2 is 1.82 bits per heavy atom. The third-order valence-corrected chi connectivity index (χ3v) is 4.46. The van der Waals surface area contributed by atoms with Crippen LogP contribution >= 0.6 is 0 Å². The molecule has 3 aromatic rings. The van der Waals surface area contributed by atoms with Crippen LogP contribution in [0.4, 0.5) is 11.5 Å². The lowest BCUT2D eigenvalue weighted by atomic mass is 10.2. The summed E-state index contributed by atoms with van der Waals surface area (Å²) in [5.74, 6) is 1.87. The van der Waals surface area contributed by atoms with Crippen LogP contribution in [0.5, 0.6) is 11.5 Å². The molecular weight excluding hydrogens is 354 g/mol. The number of hydrogen-bond donors (Lipinski definition) is 1. The molecule has 142 valence electrons. The van der Waals surface area contributed by atoms with E-state index in [1.165, 1.54) is 5.56 Å². The Morgan fingerprint density at radius 1 is 1.04 bits per heavy atom. The molecule has 0 atom stereocenters. The molecular formula is C22H21N3O3. The van der Waals surface area contributed by atoms with Crippen LogP contribution < -0.4 is 19.7 Å². The van der Waals surface area contributed by atoms with Crippen LogP contribution in [0.3, 0.4) is 0 Å². The summed E-state index contributed by atoms with van der Waals surface area (Å²) in [6.45, 7) is 1.75. The summed E-state index contributed by atoms with van der Waals surface area (Å²) in [7, 11) is 1.96. The van der Waals surface area contributed by atoms with Gasteiger partial charge in [-0.25, -0.2) is 4.98 Å². The van der Waals surface area contributed by atoms with Gasteiger partial charge < -0.3 is 19.7 Å². The first-order valence-electron chi connectivity index (χ1n) is 9.11. The van der Waals surface area contributed by atoms with E-state index in [9.17, 15) is 4.79 Å². The fraction of sp³-hybridized carbons (Fsp3) is 0.182. The molecule has 2 aromatic carbocycles. The number of nitrogens with zero attached hydrogens (tertiary/aromatic N) is 2. The number of rotatable bonds is 5. The van der Waals surface area contributed by atoms with Gasteiger partial charge in [-0.3, -0.25) is 4.79 Å². The lowest BCUT2D eigenvalue weighted by Crippen LogP contribution is -2.19. The van der Waals surface area contributed by atoms with E-state index in [2.05, 4.69) is 22.4 Å². The van der Waals surface area contributed by atoms with Gasteiger partial charge in [0.2, 0.25) is 0 Å². The second kappa shape index (κ2) is 8.00. The van der Waals surface area contributed by atoms with Gasteiger partial charge in [-0.1, -0.05) is 30.3 Å². The minimum Gasteiger partial charge on any atom is -0.486 e. The first-order valence-corrected chi connectivity index (χ1v) is 9.11. The van der Waals surface area contributed by atoms with Gasteiger partial charge >= 0.3 is 0 Å². The van der Waals surface area contributed by atoms with Gasteiger partial charge in [0, 0.05) is 37.1 Å². The van der Waals surface area contributed by atoms with Crippen LogP contribution in [-0.2, 0) is 6.54 Å². The average Bonchev–Trinajstić information content (AvgIpc) is 2.74. The molecule has 1 N–H and O–H groups in total. The summed E-state index contributed by atoms with van der Waals surface area (Å²) in [5.41, 5.74) is 2.38. The number of aromatic nitrogens is 1. The van der Waals surface area contributed by atoms with Crippen LogP contribution in [-0.4, -0.2) is 31.2 Å². The maximum absolute atomic E-state index is 12.7. The van der Waals surface area contributed by atoms with Crippen LogP contribution in [0.25, 0.3) is 0 Å². The molecule has 1 aliphatic heterocycles. The SMILES string of the molecule is CN(Cc1ccccc1)c1cc(C(=O)Nc2ccc3c(c2)OCCO3)ccn1. The smallest absolute Gasteiger partial charge is 0.255 e. The highest BCUT2D eigenvalue weighted by Gasteiger charge is 2.14. The second-order valence-electron chi connectivity index (χ2n) is 6.56. The molecule has 1 aliphatic rings. The molecule has 0 unspecified atom stereocenters. The number of pyridine rings is 1. The molecule has 0 saturated heterocycles. The predicted octanol–water partition coefficient (Wildman–Crippen LogP) is 3.74. The Morgan fingerprint density at radius 3 is 2.64 bits per heavy atom. The van der Waals surface area contributed by atoms with E-state index in [0.717, 1.165) is 5.82 Å². The minimum atomic E-state index is -0.201. The van der Waals surface area contributed by atoms with Gasteiger partial charge in [0.05, 0.1) is 0 Å². The number of hydrogen-bond acceptors (Lipinski definition) is 5. The second-order valence-corrected chi connectivity index (χ2v) is 6.56. The number of benzene rings is 2. The van der Waals surface area contributed by atoms with Gasteiger partial charge in [-0.05, 0) is 29.8 Å². The Kier molecular flexibility index (Phi) is 5.10. The average molecular weight is 375 g/mol.